The summed E-state index contributed by atoms with van der Waals surface area (Å²) in [5, 5.41) is 16.4. The first-order valence-electron chi connectivity index (χ1n) is 9.71. The zero-order valence-electron chi connectivity index (χ0n) is 17.5. The maximum absolute atomic E-state index is 12.5. The molecule has 0 radical (unpaired) electrons. The van der Waals surface area contributed by atoms with Crippen LogP contribution in [0.2, 0.25) is 5.02 Å². The number of aryl methyl sites for hydroxylation is 2. The van der Waals surface area contributed by atoms with E-state index in [1.54, 1.807) is 18.3 Å². The fourth-order valence-electron chi connectivity index (χ4n) is 3.58. The monoisotopic (exact) mass is 466 g/mol. The van der Waals surface area contributed by atoms with Crippen LogP contribution in [0.5, 0.6) is 0 Å². The molecular formula is C23H19ClN4O3S. The van der Waals surface area contributed by atoms with E-state index in [9.17, 15) is 14.9 Å². The van der Waals surface area contributed by atoms with Crippen molar-refractivity contribution in [2.45, 2.75) is 20.8 Å². The summed E-state index contributed by atoms with van der Waals surface area (Å²) < 4.78 is 2.90. The second kappa shape index (κ2) is 8.57. The lowest BCUT2D eigenvalue weighted by Gasteiger charge is -2.13. The summed E-state index contributed by atoms with van der Waals surface area (Å²) in [6.07, 6.45) is 1.61. The van der Waals surface area contributed by atoms with E-state index in [2.05, 4.69) is 15.1 Å². The number of nitro groups is 1. The molecule has 0 aliphatic rings. The number of amides is 1. The summed E-state index contributed by atoms with van der Waals surface area (Å²) in [4.78, 5) is 23.4. The number of carbonyl (C=O) groups is 1. The van der Waals surface area contributed by atoms with Gasteiger partial charge in [-0.25, -0.2) is 5.43 Å². The second-order valence-electron chi connectivity index (χ2n) is 7.38. The number of benzene rings is 2. The standard InChI is InChI=1S/C23H19ClN4O3S/c1-13-4-5-18(24)11-20(13)27-14(2)8-17(15(27)3)12-25-26-23(29)22-10-16-9-19(28(30)31)6-7-21(16)32-22/h4-12H,1-3H3,(H,26,29)/b25-12-. The van der Waals surface area contributed by atoms with Gasteiger partial charge >= 0.3 is 0 Å². The number of nitrogens with zero attached hydrogens (tertiary/aromatic N) is 3. The highest BCUT2D eigenvalue weighted by Gasteiger charge is 2.14. The molecule has 1 amide bonds. The van der Waals surface area contributed by atoms with Crippen LogP contribution in [0.4, 0.5) is 5.69 Å². The first kappa shape index (κ1) is 21.7. The van der Waals surface area contributed by atoms with Crippen molar-refractivity contribution in [3.8, 4) is 5.69 Å². The summed E-state index contributed by atoms with van der Waals surface area (Å²) in [5.41, 5.74) is 7.48. The maximum Gasteiger partial charge on any atom is 0.281 e. The normalized spacial score (nSPS) is 11.4. The van der Waals surface area contributed by atoms with Crippen LogP contribution < -0.4 is 5.43 Å². The van der Waals surface area contributed by atoms with E-state index in [1.165, 1.54) is 23.5 Å². The van der Waals surface area contributed by atoms with Gasteiger partial charge in [0.05, 0.1) is 16.0 Å². The Balaban J connectivity index is 1.54. The van der Waals surface area contributed by atoms with Gasteiger partial charge in [0.1, 0.15) is 0 Å². The minimum Gasteiger partial charge on any atom is -0.318 e. The number of hydrogen-bond donors (Lipinski definition) is 1. The number of rotatable bonds is 5. The summed E-state index contributed by atoms with van der Waals surface area (Å²) in [6, 6.07) is 13.9. The molecule has 2 aromatic heterocycles. The molecule has 0 bridgehead atoms. The number of hydrazone groups is 1. The Kier molecular flexibility index (Phi) is 5.82. The van der Waals surface area contributed by atoms with E-state index in [-0.39, 0.29) is 11.6 Å². The Morgan fingerprint density at radius 2 is 1.94 bits per heavy atom. The molecule has 2 aromatic carbocycles. The van der Waals surface area contributed by atoms with Gasteiger partial charge in [-0.15, -0.1) is 11.3 Å². The maximum atomic E-state index is 12.5. The van der Waals surface area contributed by atoms with Crippen molar-refractivity contribution < 1.29 is 9.72 Å². The van der Waals surface area contributed by atoms with E-state index in [0.717, 1.165) is 32.9 Å². The zero-order chi connectivity index (χ0) is 23.0. The van der Waals surface area contributed by atoms with Gasteiger partial charge in [0, 0.05) is 49.9 Å². The van der Waals surface area contributed by atoms with E-state index < -0.39 is 4.92 Å². The molecule has 4 rings (SSSR count). The van der Waals surface area contributed by atoms with Crippen molar-refractivity contribution in [3.63, 3.8) is 0 Å². The topological polar surface area (TPSA) is 89.5 Å². The van der Waals surface area contributed by atoms with Crippen molar-refractivity contribution in [3.05, 3.63) is 91.1 Å². The van der Waals surface area contributed by atoms with Crippen molar-refractivity contribution in [1.82, 2.24) is 9.99 Å². The molecule has 0 unspecified atom stereocenters. The highest BCUT2D eigenvalue weighted by atomic mass is 35.5. The van der Waals surface area contributed by atoms with Crippen LogP contribution in [0, 0.1) is 30.9 Å². The minimum atomic E-state index is -0.456. The van der Waals surface area contributed by atoms with Gasteiger partial charge in [0.15, 0.2) is 0 Å². The molecule has 7 nitrogen and oxygen atoms in total. The average Bonchev–Trinajstić information content (AvgIpc) is 3.30. The second-order valence-corrected chi connectivity index (χ2v) is 8.90. The summed E-state index contributed by atoms with van der Waals surface area (Å²) >= 11 is 7.45. The number of non-ortho nitro benzene ring substituents is 1. The fourth-order valence-corrected chi connectivity index (χ4v) is 4.68. The zero-order valence-corrected chi connectivity index (χ0v) is 19.1. The van der Waals surface area contributed by atoms with Gasteiger partial charge in [-0.05, 0) is 56.7 Å². The summed E-state index contributed by atoms with van der Waals surface area (Å²) in [7, 11) is 0. The molecule has 0 saturated carbocycles. The largest absolute Gasteiger partial charge is 0.318 e. The molecule has 2 heterocycles. The smallest absolute Gasteiger partial charge is 0.281 e. The predicted molar refractivity (Wildman–Crippen MR) is 129 cm³/mol. The Morgan fingerprint density at radius 1 is 1.16 bits per heavy atom. The average molecular weight is 467 g/mol. The van der Waals surface area contributed by atoms with Crippen molar-refractivity contribution >= 4 is 50.8 Å². The van der Waals surface area contributed by atoms with Crippen LogP contribution in [-0.2, 0) is 0 Å². The number of nitrogens with one attached hydrogen (secondary N) is 1. The Bertz CT molecular complexity index is 1400. The molecule has 4 aromatic rings. The molecule has 0 aliphatic heterocycles. The van der Waals surface area contributed by atoms with Crippen LogP contribution in [0.25, 0.3) is 15.8 Å². The molecule has 0 fully saturated rings. The molecule has 0 saturated heterocycles. The SMILES string of the molecule is Cc1ccc(Cl)cc1-n1c(C)cc(/C=N\NC(=O)c2cc3cc([N+](=O)[O-])ccc3s2)c1C. The Labute approximate surface area is 193 Å². The van der Waals surface area contributed by atoms with E-state index in [4.69, 9.17) is 11.6 Å². The number of aromatic nitrogens is 1. The van der Waals surface area contributed by atoms with Gasteiger partial charge in [0.25, 0.3) is 11.6 Å². The number of nitro benzene ring substituents is 1. The number of fused-ring (bicyclic) bond motifs is 1. The lowest BCUT2D eigenvalue weighted by molar-refractivity contribution is -0.384. The van der Waals surface area contributed by atoms with Crippen LogP contribution in [0.1, 0.15) is 32.2 Å². The molecule has 0 aliphatic carbocycles. The Hall–Kier alpha value is -3.49. The third-order valence-corrected chi connectivity index (χ3v) is 6.54. The third kappa shape index (κ3) is 4.15. The molecule has 0 atom stereocenters. The first-order valence-corrected chi connectivity index (χ1v) is 10.9. The lowest BCUT2D eigenvalue weighted by Crippen LogP contribution is -2.16. The van der Waals surface area contributed by atoms with Crippen molar-refractivity contribution in [2.24, 2.45) is 5.10 Å². The van der Waals surface area contributed by atoms with Crippen LogP contribution >= 0.6 is 22.9 Å². The predicted octanol–water partition coefficient (Wildman–Crippen LogP) is 5.94. The minimum absolute atomic E-state index is 0.00873. The molecule has 0 spiro atoms. The molecule has 32 heavy (non-hydrogen) atoms. The third-order valence-electron chi connectivity index (χ3n) is 5.19. The van der Waals surface area contributed by atoms with Gasteiger partial charge in [-0.1, -0.05) is 17.7 Å². The van der Waals surface area contributed by atoms with Gasteiger partial charge < -0.3 is 4.57 Å². The summed E-state index contributed by atoms with van der Waals surface area (Å²) in [5.74, 6) is -0.371. The van der Waals surface area contributed by atoms with Crippen LogP contribution in [0.15, 0.2) is 53.6 Å². The molecular weight excluding hydrogens is 448 g/mol. The summed E-state index contributed by atoms with van der Waals surface area (Å²) in [6.45, 7) is 6.01. The van der Waals surface area contributed by atoms with Crippen molar-refractivity contribution in [1.29, 1.82) is 0 Å². The lowest BCUT2D eigenvalue weighted by atomic mass is 10.2. The number of halogens is 1. The molecule has 162 valence electrons. The highest BCUT2D eigenvalue weighted by molar-refractivity contribution is 7.20. The number of carbonyl (C=O) groups excluding carboxylic acids is 1. The van der Waals surface area contributed by atoms with Crippen LogP contribution in [-0.4, -0.2) is 21.6 Å². The van der Waals surface area contributed by atoms with E-state index in [1.807, 2.05) is 45.0 Å². The van der Waals surface area contributed by atoms with Gasteiger partial charge in [0.2, 0.25) is 0 Å². The molecule has 9 heteroatoms. The van der Waals surface area contributed by atoms with Crippen LogP contribution in [0.3, 0.4) is 0 Å². The van der Waals surface area contributed by atoms with E-state index >= 15 is 0 Å². The fraction of sp³-hybridized carbons (Fsp3) is 0.130. The molecule has 1 N–H and O–H groups in total. The first-order chi connectivity index (χ1) is 15.2. The van der Waals surface area contributed by atoms with Crippen molar-refractivity contribution in [2.75, 3.05) is 0 Å². The Morgan fingerprint density at radius 3 is 2.69 bits per heavy atom. The van der Waals surface area contributed by atoms with E-state index in [0.29, 0.717) is 15.3 Å². The number of hydrogen-bond acceptors (Lipinski definition) is 5. The quantitative estimate of drug-likeness (QED) is 0.224. The number of thiophene rings is 1. The van der Waals surface area contributed by atoms with Gasteiger partial charge in [-0.3, -0.25) is 14.9 Å². The highest BCUT2D eigenvalue weighted by Crippen LogP contribution is 2.29. The van der Waals surface area contributed by atoms with Gasteiger partial charge in [-0.2, -0.15) is 5.10 Å².